The Morgan fingerprint density at radius 2 is 2.22 bits per heavy atom. The zero-order valence-electron chi connectivity index (χ0n) is 13.4. The van der Waals surface area contributed by atoms with Crippen LogP contribution in [0.15, 0.2) is 10.9 Å². The summed E-state index contributed by atoms with van der Waals surface area (Å²) >= 11 is 0. The number of likely N-dealkylation sites (tertiary alicyclic amines) is 1. The smallest absolute Gasteiger partial charge is 0.317 e. The molecule has 2 saturated heterocycles. The number of amides is 2. The van der Waals surface area contributed by atoms with Gasteiger partial charge in [0.05, 0.1) is 13.2 Å². The van der Waals surface area contributed by atoms with Gasteiger partial charge in [-0.05, 0) is 25.8 Å². The molecule has 0 bridgehead atoms. The molecule has 128 valence electrons. The van der Waals surface area contributed by atoms with Gasteiger partial charge in [0.25, 0.3) is 0 Å². The van der Waals surface area contributed by atoms with E-state index in [2.05, 4.69) is 20.4 Å². The molecule has 1 atom stereocenters. The lowest BCUT2D eigenvalue weighted by atomic mass is 9.98. The van der Waals surface area contributed by atoms with Crippen LogP contribution < -0.4 is 5.32 Å². The number of ether oxygens (including phenoxy) is 1. The minimum Gasteiger partial charge on any atom is -0.379 e. The Labute approximate surface area is 136 Å². The summed E-state index contributed by atoms with van der Waals surface area (Å²) in [6.07, 6.45) is 4.29. The van der Waals surface area contributed by atoms with Gasteiger partial charge in [-0.25, -0.2) is 4.79 Å². The minimum atomic E-state index is 0.0140. The molecule has 23 heavy (non-hydrogen) atoms. The van der Waals surface area contributed by atoms with E-state index in [1.54, 1.807) is 0 Å². The number of piperidine rings is 1. The largest absolute Gasteiger partial charge is 0.379 e. The van der Waals surface area contributed by atoms with E-state index in [-0.39, 0.29) is 11.9 Å². The first-order chi connectivity index (χ1) is 11.3. The Bertz CT molecular complexity index is 475. The monoisotopic (exact) mass is 323 g/mol. The number of nitrogens with one attached hydrogen (secondary N) is 1. The maximum atomic E-state index is 12.3. The fraction of sp³-hybridized carbons (Fsp3) is 0.800. The van der Waals surface area contributed by atoms with Crippen molar-refractivity contribution in [1.29, 1.82) is 0 Å². The summed E-state index contributed by atoms with van der Waals surface area (Å²) in [5.41, 5.74) is 0. The van der Waals surface area contributed by atoms with E-state index < -0.39 is 0 Å². The van der Waals surface area contributed by atoms with Crippen LogP contribution in [0.4, 0.5) is 4.79 Å². The van der Waals surface area contributed by atoms with E-state index in [9.17, 15) is 4.79 Å². The van der Waals surface area contributed by atoms with E-state index in [0.29, 0.717) is 18.9 Å². The van der Waals surface area contributed by atoms with Gasteiger partial charge in [0, 0.05) is 38.6 Å². The van der Waals surface area contributed by atoms with Gasteiger partial charge in [0.1, 0.15) is 0 Å². The number of rotatable bonds is 5. The van der Waals surface area contributed by atoms with Crippen LogP contribution in [0.2, 0.25) is 0 Å². The number of carbonyl (C=O) groups is 1. The Balaban J connectivity index is 1.36. The molecule has 2 amide bonds. The highest BCUT2D eigenvalue weighted by Gasteiger charge is 2.27. The first kappa shape index (κ1) is 16.2. The molecule has 3 rings (SSSR count). The molecule has 8 nitrogen and oxygen atoms in total. The summed E-state index contributed by atoms with van der Waals surface area (Å²) in [5.74, 6) is 0.886. The van der Waals surface area contributed by atoms with Crippen LogP contribution in [-0.4, -0.2) is 78.5 Å². The van der Waals surface area contributed by atoms with Crippen LogP contribution in [0, 0.1) is 0 Å². The molecule has 2 aliphatic rings. The average molecular weight is 323 g/mol. The van der Waals surface area contributed by atoms with E-state index in [4.69, 9.17) is 9.26 Å². The zero-order valence-corrected chi connectivity index (χ0v) is 13.4. The maximum absolute atomic E-state index is 12.3. The molecule has 1 aromatic rings. The third-order valence-corrected chi connectivity index (χ3v) is 4.48. The lowest BCUT2D eigenvalue weighted by molar-refractivity contribution is 0.0375. The van der Waals surface area contributed by atoms with Crippen molar-refractivity contribution in [2.24, 2.45) is 0 Å². The molecule has 0 aromatic carbocycles. The second kappa shape index (κ2) is 8.26. The normalized spacial score (nSPS) is 23.0. The van der Waals surface area contributed by atoms with Gasteiger partial charge in [-0.3, -0.25) is 4.90 Å². The third kappa shape index (κ3) is 4.65. The SMILES string of the molecule is O=C(NCCCN1CCOCC1)N1CCC[C@H](c2ncon2)C1. The first-order valence-corrected chi connectivity index (χ1v) is 8.42. The molecular formula is C15H25N5O3. The van der Waals surface area contributed by atoms with Gasteiger partial charge in [-0.2, -0.15) is 4.98 Å². The molecule has 0 aliphatic carbocycles. The molecule has 0 radical (unpaired) electrons. The average Bonchev–Trinajstić information content (AvgIpc) is 3.14. The minimum absolute atomic E-state index is 0.0140. The van der Waals surface area contributed by atoms with Crippen LogP contribution in [0.1, 0.15) is 31.0 Å². The Kier molecular flexibility index (Phi) is 5.82. The predicted molar refractivity (Wildman–Crippen MR) is 83.1 cm³/mol. The van der Waals surface area contributed by atoms with Crippen molar-refractivity contribution in [3.05, 3.63) is 12.2 Å². The topological polar surface area (TPSA) is 83.7 Å². The highest BCUT2D eigenvalue weighted by atomic mass is 16.5. The van der Waals surface area contributed by atoms with Gasteiger partial charge in [-0.1, -0.05) is 5.16 Å². The molecule has 0 saturated carbocycles. The quantitative estimate of drug-likeness (QED) is 0.802. The lowest BCUT2D eigenvalue weighted by Crippen LogP contribution is -2.46. The summed E-state index contributed by atoms with van der Waals surface area (Å²) in [6, 6.07) is 0.0140. The molecular weight excluding hydrogens is 298 g/mol. The zero-order chi connectivity index (χ0) is 15.9. The van der Waals surface area contributed by atoms with Crippen LogP contribution in [0.3, 0.4) is 0 Å². The summed E-state index contributed by atoms with van der Waals surface area (Å²) in [4.78, 5) is 20.6. The van der Waals surface area contributed by atoms with E-state index in [1.807, 2.05) is 4.90 Å². The first-order valence-electron chi connectivity index (χ1n) is 8.42. The number of urea groups is 1. The Hall–Kier alpha value is -1.67. The third-order valence-electron chi connectivity index (χ3n) is 4.48. The van der Waals surface area contributed by atoms with Crippen molar-refractivity contribution in [3.8, 4) is 0 Å². The fourth-order valence-corrected chi connectivity index (χ4v) is 3.17. The molecule has 2 fully saturated rings. The van der Waals surface area contributed by atoms with Crippen LogP contribution in [-0.2, 0) is 4.74 Å². The van der Waals surface area contributed by atoms with Gasteiger partial charge in [0.15, 0.2) is 5.82 Å². The van der Waals surface area contributed by atoms with Gasteiger partial charge >= 0.3 is 6.03 Å². The van der Waals surface area contributed by atoms with E-state index >= 15 is 0 Å². The second-order valence-corrected chi connectivity index (χ2v) is 6.11. The number of aromatic nitrogens is 2. The molecule has 1 N–H and O–H groups in total. The maximum Gasteiger partial charge on any atom is 0.317 e. The Morgan fingerprint density at radius 3 is 3.00 bits per heavy atom. The summed E-state index contributed by atoms with van der Waals surface area (Å²) < 4.78 is 10.1. The molecule has 2 aliphatic heterocycles. The van der Waals surface area contributed by atoms with Crippen LogP contribution in [0.25, 0.3) is 0 Å². The van der Waals surface area contributed by atoms with Crippen molar-refractivity contribution >= 4 is 6.03 Å². The van der Waals surface area contributed by atoms with Gasteiger partial charge < -0.3 is 19.5 Å². The van der Waals surface area contributed by atoms with Crippen molar-refractivity contribution in [2.45, 2.75) is 25.2 Å². The number of nitrogens with zero attached hydrogens (tertiary/aromatic N) is 4. The number of morpholine rings is 1. The highest BCUT2D eigenvalue weighted by molar-refractivity contribution is 5.74. The molecule has 1 aromatic heterocycles. The van der Waals surface area contributed by atoms with Gasteiger partial charge in [-0.15, -0.1) is 0 Å². The molecule has 8 heteroatoms. The molecule has 0 unspecified atom stereocenters. The van der Waals surface area contributed by atoms with Crippen LogP contribution >= 0.6 is 0 Å². The van der Waals surface area contributed by atoms with Crippen molar-refractivity contribution in [2.75, 3.05) is 52.5 Å². The summed E-state index contributed by atoms with van der Waals surface area (Å²) in [7, 11) is 0. The van der Waals surface area contributed by atoms with E-state index in [0.717, 1.165) is 58.7 Å². The highest BCUT2D eigenvalue weighted by Crippen LogP contribution is 2.24. The number of carbonyl (C=O) groups excluding carboxylic acids is 1. The second-order valence-electron chi connectivity index (χ2n) is 6.11. The van der Waals surface area contributed by atoms with Crippen molar-refractivity contribution < 1.29 is 14.1 Å². The standard InChI is InChI=1S/C15H25N5O3/c21-15(16-4-2-5-19-7-9-22-10-8-19)20-6-1-3-13(11-20)14-17-12-23-18-14/h12-13H,1-11H2,(H,16,21)/t13-/m0/s1. The number of hydrogen-bond donors (Lipinski definition) is 1. The van der Waals surface area contributed by atoms with E-state index in [1.165, 1.54) is 6.39 Å². The lowest BCUT2D eigenvalue weighted by Gasteiger charge is -2.31. The fourth-order valence-electron chi connectivity index (χ4n) is 3.17. The van der Waals surface area contributed by atoms with Gasteiger partial charge in [0.2, 0.25) is 6.39 Å². The summed E-state index contributed by atoms with van der Waals surface area (Å²) in [6.45, 7) is 6.79. The van der Waals surface area contributed by atoms with Crippen molar-refractivity contribution in [1.82, 2.24) is 25.3 Å². The summed E-state index contributed by atoms with van der Waals surface area (Å²) in [5, 5.41) is 6.92. The van der Waals surface area contributed by atoms with Crippen LogP contribution in [0.5, 0.6) is 0 Å². The molecule has 3 heterocycles. The Morgan fingerprint density at radius 1 is 1.35 bits per heavy atom. The predicted octanol–water partition coefficient (Wildman–Crippen LogP) is 0.681. The number of hydrogen-bond acceptors (Lipinski definition) is 6. The molecule has 0 spiro atoms. The van der Waals surface area contributed by atoms with Crippen molar-refractivity contribution in [3.63, 3.8) is 0 Å².